The van der Waals surface area contributed by atoms with Gasteiger partial charge in [-0.15, -0.1) is 0 Å². The zero-order valence-electron chi connectivity index (χ0n) is 14.5. The molecule has 1 aromatic carbocycles. The first-order valence-electron chi connectivity index (χ1n) is 8.65. The molecule has 7 nitrogen and oxygen atoms in total. The number of ether oxygens (including phenoxy) is 1. The van der Waals surface area contributed by atoms with Crippen LogP contribution in [0.5, 0.6) is 11.5 Å². The van der Waals surface area contributed by atoms with E-state index in [4.69, 9.17) is 4.74 Å². The number of aromatic hydroxyl groups is 1. The van der Waals surface area contributed by atoms with Gasteiger partial charge in [0.15, 0.2) is 11.5 Å². The highest BCUT2D eigenvalue weighted by Crippen LogP contribution is 2.26. The third kappa shape index (κ3) is 6.45. The van der Waals surface area contributed by atoms with E-state index in [9.17, 15) is 14.7 Å². The van der Waals surface area contributed by atoms with Crippen molar-refractivity contribution in [3.63, 3.8) is 0 Å². The van der Waals surface area contributed by atoms with Gasteiger partial charge in [-0.1, -0.05) is 19.3 Å². The summed E-state index contributed by atoms with van der Waals surface area (Å²) in [6.45, 7) is 2.25. The molecular weight excluding hydrogens is 322 g/mol. The molecule has 1 aromatic rings. The third-order valence-corrected chi connectivity index (χ3v) is 3.98. The van der Waals surface area contributed by atoms with E-state index < -0.39 is 5.91 Å². The lowest BCUT2D eigenvalue weighted by Crippen LogP contribution is -2.38. The molecule has 2 rings (SSSR count). The Morgan fingerprint density at radius 3 is 2.76 bits per heavy atom. The van der Waals surface area contributed by atoms with Crippen molar-refractivity contribution in [2.45, 2.75) is 51.5 Å². The first kappa shape index (κ1) is 18.8. The van der Waals surface area contributed by atoms with Gasteiger partial charge in [-0.3, -0.25) is 9.59 Å². The lowest BCUT2D eigenvalue weighted by Gasteiger charge is -2.22. The first-order chi connectivity index (χ1) is 12.1. The second-order valence-electron chi connectivity index (χ2n) is 6.03. The van der Waals surface area contributed by atoms with E-state index in [0.29, 0.717) is 17.9 Å². The number of hydrazone groups is 1. The monoisotopic (exact) mass is 347 g/mol. The van der Waals surface area contributed by atoms with Crippen LogP contribution in [0.15, 0.2) is 23.3 Å². The molecule has 0 saturated heterocycles. The van der Waals surface area contributed by atoms with Crippen LogP contribution in [-0.4, -0.2) is 35.8 Å². The van der Waals surface area contributed by atoms with Crippen molar-refractivity contribution >= 4 is 18.0 Å². The minimum atomic E-state index is -0.464. The summed E-state index contributed by atoms with van der Waals surface area (Å²) in [7, 11) is 0. The van der Waals surface area contributed by atoms with E-state index in [1.807, 2.05) is 6.92 Å². The fourth-order valence-electron chi connectivity index (χ4n) is 2.77. The standard InChI is InChI=1S/C18H25N3O4/c1-2-25-16-10-13(8-9-15(16)22)12-19-21-18(24)11-17(23)20-14-6-4-3-5-7-14/h8-10,12,14,22H,2-7,11H2,1H3,(H,20,23)(H,21,24)/b19-12-. The number of benzene rings is 1. The number of nitrogens with one attached hydrogen (secondary N) is 2. The fraction of sp³-hybridized carbons (Fsp3) is 0.500. The Labute approximate surface area is 147 Å². The van der Waals surface area contributed by atoms with Gasteiger partial charge in [-0.2, -0.15) is 5.10 Å². The van der Waals surface area contributed by atoms with E-state index >= 15 is 0 Å². The fourth-order valence-corrected chi connectivity index (χ4v) is 2.77. The Bertz CT molecular complexity index is 625. The number of carbonyl (C=O) groups excluding carboxylic acids is 2. The summed E-state index contributed by atoms with van der Waals surface area (Å²) in [6, 6.07) is 4.94. The van der Waals surface area contributed by atoms with Crippen molar-refractivity contribution in [1.29, 1.82) is 0 Å². The number of nitrogens with zero attached hydrogens (tertiary/aromatic N) is 1. The minimum Gasteiger partial charge on any atom is -0.504 e. The van der Waals surface area contributed by atoms with Crippen LogP contribution in [0.3, 0.4) is 0 Å². The van der Waals surface area contributed by atoms with Crippen LogP contribution in [0.2, 0.25) is 0 Å². The molecule has 1 saturated carbocycles. The molecule has 1 aliphatic carbocycles. The molecule has 3 N–H and O–H groups in total. The molecule has 1 aliphatic rings. The largest absolute Gasteiger partial charge is 0.504 e. The number of phenolic OH excluding ortho intramolecular Hbond substituents is 1. The van der Waals surface area contributed by atoms with Crippen molar-refractivity contribution in [3.05, 3.63) is 23.8 Å². The maximum Gasteiger partial charge on any atom is 0.249 e. The van der Waals surface area contributed by atoms with Crippen LogP contribution in [0.4, 0.5) is 0 Å². The van der Waals surface area contributed by atoms with Gasteiger partial charge in [0.2, 0.25) is 11.8 Å². The number of hydrogen-bond acceptors (Lipinski definition) is 5. The predicted molar refractivity (Wildman–Crippen MR) is 94.6 cm³/mol. The predicted octanol–water partition coefficient (Wildman–Crippen LogP) is 2.08. The van der Waals surface area contributed by atoms with Crippen molar-refractivity contribution in [1.82, 2.24) is 10.7 Å². The SMILES string of the molecule is CCOc1cc(/C=N\NC(=O)CC(=O)NC2CCCCC2)ccc1O. The maximum atomic E-state index is 11.8. The van der Waals surface area contributed by atoms with Crippen molar-refractivity contribution in [3.8, 4) is 11.5 Å². The van der Waals surface area contributed by atoms with E-state index in [1.54, 1.807) is 12.1 Å². The Hall–Kier alpha value is -2.57. The summed E-state index contributed by atoms with van der Waals surface area (Å²) >= 11 is 0. The van der Waals surface area contributed by atoms with Crippen LogP contribution in [-0.2, 0) is 9.59 Å². The normalized spacial score (nSPS) is 15.1. The van der Waals surface area contributed by atoms with Gasteiger partial charge in [0.1, 0.15) is 6.42 Å². The summed E-state index contributed by atoms with van der Waals surface area (Å²) in [5, 5.41) is 16.3. The summed E-state index contributed by atoms with van der Waals surface area (Å²) in [5.74, 6) is -0.344. The highest BCUT2D eigenvalue weighted by atomic mass is 16.5. The Kier molecular flexibility index (Phi) is 7.25. The van der Waals surface area contributed by atoms with Crippen LogP contribution in [0.25, 0.3) is 0 Å². The lowest BCUT2D eigenvalue weighted by atomic mass is 9.95. The number of hydrogen-bond donors (Lipinski definition) is 3. The molecule has 0 bridgehead atoms. The Morgan fingerprint density at radius 2 is 2.04 bits per heavy atom. The van der Waals surface area contributed by atoms with Crippen molar-refractivity contribution < 1.29 is 19.4 Å². The van der Waals surface area contributed by atoms with Gasteiger partial charge in [-0.05, 0) is 43.5 Å². The Balaban J connectivity index is 1.77. The minimum absolute atomic E-state index is 0.0439. The van der Waals surface area contributed by atoms with Gasteiger partial charge >= 0.3 is 0 Å². The maximum absolute atomic E-state index is 11.8. The van der Waals surface area contributed by atoms with E-state index in [2.05, 4.69) is 15.8 Å². The molecule has 0 unspecified atom stereocenters. The summed E-state index contributed by atoms with van der Waals surface area (Å²) in [4.78, 5) is 23.6. The van der Waals surface area contributed by atoms with E-state index in [0.717, 1.165) is 25.7 Å². The Morgan fingerprint density at radius 1 is 1.28 bits per heavy atom. The highest BCUT2D eigenvalue weighted by molar-refractivity contribution is 5.97. The molecule has 0 atom stereocenters. The molecule has 1 fully saturated rings. The third-order valence-electron chi connectivity index (χ3n) is 3.98. The quantitative estimate of drug-likeness (QED) is 0.399. The van der Waals surface area contributed by atoms with Crippen LogP contribution >= 0.6 is 0 Å². The van der Waals surface area contributed by atoms with Crippen LogP contribution in [0.1, 0.15) is 51.0 Å². The number of amides is 2. The summed E-state index contributed by atoms with van der Waals surface area (Å²) < 4.78 is 5.28. The molecule has 2 amide bonds. The topological polar surface area (TPSA) is 100 Å². The summed E-state index contributed by atoms with van der Waals surface area (Å²) in [6.07, 6.45) is 6.61. The molecule has 7 heteroatoms. The highest BCUT2D eigenvalue weighted by Gasteiger charge is 2.17. The molecule has 0 radical (unpaired) electrons. The lowest BCUT2D eigenvalue weighted by molar-refractivity contribution is -0.129. The van der Waals surface area contributed by atoms with Crippen LogP contribution in [0, 0.1) is 0 Å². The van der Waals surface area contributed by atoms with E-state index in [-0.39, 0.29) is 24.1 Å². The molecule has 25 heavy (non-hydrogen) atoms. The molecule has 0 aliphatic heterocycles. The smallest absolute Gasteiger partial charge is 0.249 e. The van der Waals surface area contributed by atoms with Crippen molar-refractivity contribution in [2.24, 2.45) is 5.10 Å². The second kappa shape index (κ2) is 9.66. The molecule has 0 heterocycles. The van der Waals surface area contributed by atoms with E-state index in [1.165, 1.54) is 18.7 Å². The zero-order valence-corrected chi connectivity index (χ0v) is 14.5. The average molecular weight is 347 g/mol. The first-order valence-corrected chi connectivity index (χ1v) is 8.65. The van der Waals surface area contributed by atoms with Gasteiger partial charge in [0, 0.05) is 6.04 Å². The zero-order chi connectivity index (χ0) is 18.1. The molecule has 0 spiro atoms. The van der Waals surface area contributed by atoms with Crippen LogP contribution < -0.4 is 15.5 Å². The second-order valence-corrected chi connectivity index (χ2v) is 6.03. The van der Waals surface area contributed by atoms with Crippen molar-refractivity contribution in [2.75, 3.05) is 6.61 Å². The average Bonchev–Trinajstić information content (AvgIpc) is 2.58. The number of rotatable bonds is 7. The van der Waals surface area contributed by atoms with Gasteiger partial charge < -0.3 is 15.2 Å². The van der Waals surface area contributed by atoms with Gasteiger partial charge in [0.05, 0.1) is 12.8 Å². The molecule has 136 valence electrons. The molecular formula is C18H25N3O4. The molecule has 0 aromatic heterocycles. The number of carbonyl (C=O) groups is 2. The van der Waals surface area contributed by atoms with Gasteiger partial charge in [-0.25, -0.2) is 5.43 Å². The van der Waals surface area contributed by atoms with Gasteiger partial charge in [0.25, 0.3) is 0 Å². The summed E-state index contributed by atoms with van der Waals surface area (Å²) in [5.41, 5.74) is 2.99. The number of phenols is 1.